The molecule has 0 unspecified atom stereocenters. The van der Waals surface area contributed by atoms with Gasteiger partial charge in [-0.15, -0.1) is 0 Å². The predicted molar refractivity (Wildman–Crippen MR) is 147 cm³/mol. The van der Waals surface area contributed by atoms with Crippen LogP contribution < -0.4 is 20.1 Å². The van der Waals surface area contributed by atoms with Crippen molar-refractivity contribution in [3.63, 3.8) is 0 Å². The molecule has 2 aromatic carbocycles. The van der Waals surface area contributed by atoms with Gasteiger partial charge < -0.3 is 19.7 Å². The van der Waals surface area contributed by atoms with Crippen molar-refractivity contribution in [3.05, 3.63) is 65.5 Å². The van der Waals surface area contributed by atoms with E-state index in [-0.39, 0.29) is 16.5 Å². The second kappa shape index (κ2) is 12.7. The van der Waals surface area contributed by atoms with E-state index in [0.29, 0.717) is 40.5 Å². The second-order valence-corrected chi connectivity index (χ2v) is 8.56. The number of aromatic nitrogens is 4. The fraction of sp³-hybridized carbons (Fsp3) is 0.222. The van der Waals surface area contributed by atoms with Gasteiger partial charge >= 0.3 is 0 Å². The molecule has 0 aliphatic carbocycles. The number of rotatable bonds is 11. The number of hydrogen-bond donors (Lipinski definition) is 2. The molecular formula is C27H25ClFN7O3. The minimum absolute atomic E-state index is 0.0614. The van der Waals surface area contributed by atoms with Crippen LogP contribution in [0.1, 0.15) is 23.7 Å². The largest absolute Gasteiger partial charge is 0.493 e. The van der Waals surface area contributed by atoms with Crippen molar-refractivity contribution in [2.75, 3.05) is 37.4 Å². The van der Waals surface area contributed by atoms with Crippen molar-refractivity contribution in [1.29, 1.82) is 0 Å². The minimum atomic E-state index is -0.613. The first-order valence-corrected chi connectivity index (χ1v) is 12.3. The molecule has 4 aromatic rings. The zero-order valence-corrected chi connectivity index (χ0v) is 22.0. The molecular weight excluding hydrogens is 525 g/mol. The molecule has 0 saturated carbocycles. The van der Waals surface area contributed by atoms with E-state index < -0.39 is 11.7 Å². The summed E-state index contributed by atoms with van der Waals surface area (Å²) in [6.45, 7) is 3.97. The van der Waals surface area contributed by atoms with Crippen molar-refractivity contribution in [3.8, 4) is 24.0 Å². The lowest BCUT2D eigenvalue weighted by Gasteiger charge is -2.16. The van der Waals surface area contributed by atoms with Gasteiger partial charge in [0.2, 0.25) is 5.95 Å². The maximum Gasteiger partial charge on any atom is 0.258 e. The molecule has 2 heterocycles. The predicted octanol–water partition coefficient (Wildman–Crippen LogP) is 4.90. The maximum absolute atomic E-state index is 13.4. The number of fused-ring (bicyclic) bond motifs is 1. The van der Waals surface area contributed by atoms with Crippen molar-refractivity contribution in [2.24, 2.45) is 0 Å². The van der Waals surface area contributed by atoms with Crippen LogP contribution in [0.4, 0.5) is 21.8 Å². The molecule has 1 amide bonds. The molecule has 200 valence electrons. The van der Waals surface area contributed by atoms with Gasteiger partial charge in [0.05, 0.1) is 42.3 Å². The van der Waals surface area contributed by atoms with Gasteiger partial charge in [-0.2, -0.15) is 0 Å². The van der Waals surface area contributed by atoms with E-state index in [0.717, 1.165) is 25.6 Å². The average molecular weight is 550 g/mol. The molecule has 10 nitrogen and oxygen atoms in total. The van der Waals surface area contributed by atoms with Gasteiger partial charge in [-0.3, -0.25) is 10.1 Å². The van der Waals surface area contributed by atoms with Crippen LogP contribution in [0.15, 0.2) is 49.1 Å². The monoisotopic (exact) mass is 549 g/mol. The van der Waals surface area contributed by atoms with Gasteiger partial charge in [-0.05, 0) is 37.6 Å². The molecule has 0 bridgehead atoms. The number of terminal acetylenes is 1. The third-order valence-electron chi connectivity index (χ3n) is 5.64. The Bertz CT molecular complexity index is 1510. The zero-order valence-electron chi connectivity index (χ0n) is 21.2. The summed E-state index contributed by atoms with van der Waals surface area (Å²) in [6, 6.07) is 9.86. The number of halogens is 2. The number of benzene rings is 2. The summed E-state index contributed by atoms with van der Waals surface area (Å²) in [5, 5.41) is 6.23. The number of anilines is 3. The highest BCUT2D eigenvalue weighted by Crippen LogP contribution is 2.34. The molecule has 0 fully saturated rings. The second-order valence-electron chi connectivity index (χ2n) is 8.16. The minimum Gasteiger partial charge on any atom is -0.493 e. The number of carbonyl (C=O) groups excluding carboxylic acids is 1. The van der Waals surface area contributed by atoms with Crippen LogP contribution >= 0.6 is 11.6 Å². The quantitative estimate of drug-likeness (QED) is 0.153. The first-order valence-electron chi connectivity index (χ1n) is 11.9. The Morgan fingerprint density at radius 1 is 1.15 bits per heavy atom. The Kier molecular flexibility index (Phi) is 8.91. The Balaban J connectivity index is 1.45. The number of methoxy groups -OCH3 is 1. The van der Waals surface area contributed by atoms with Gasteiger partial charge in [0.1, 0.15) is 18.0 Å². The number of carbonyl (C=O) groups is 1. The summed E-state index contributed by atoms with van der Waals surface area (Å²) in [4.78, 5) is 31.3. The van der Waals surface area contributed by atoms with Crippen LogP contribution in [0.3, 0.4) is 0 Å². The van der Waals surface area contributed by atoms with Gasteiger partial charge in [-0.25, -0.2) is 24.3 Å². The normalized spacial score (nSPS) is 10.5. The van der Waals surface area contributed by atoms with Crippen LogP contribution in [0.5, 0.6) is 11.5 Å². The fourth-order valence-corrected chi connectivity index (χ4v) is 3.77. The van der Waals surface area contributed by atoms with E-state index in [1.807, 2.05) is 11.8 Å². The molecule has 0 spiro atoms. The van der Waals surface area contributed by atoms with E-state index in [2.05, 4.69) is 36.6 Å². The van der Waals surface area contributed by atoms with E-state index in [1.165, 1.54) is 30.9 Å². The third-order valence-corrected chi connectivity index (χ3v) is 5.93. The van der Waals surface area contributed by atoms with Crippen LogP contribution in [0, 0.1) is 18.3 Å². The molecule has 0 aliphatic rings. The van der Waals surface area contributed by atoms with Crippen molar-refractivity contribution in [1.82, 2.24) is 24.8 Å². The summed E-state index contributed by atoms with van der Waals surface area (Å²) in [7, 11) is 1.56. The fourth-order valence-electron chi connectivity index (χ4n) is 3.59. The van der Waals surface area contributed by atoms with Gasteiger partial charge in [0.15, 0.2) is 11.5 Å². The molecule has 0 saturated heterocycles. The molecule has 0 atom stereocenters. The first kappa shape index (κ1) is 27.3. The molecule has 2 N–H and O–H groups in total. The number of hydrogen-bond acceptors (Lipinski definition) is 9. The Morgan fingerprint density at radius 2 is 1.95 bits per heavy atom. The van der Waals surface area contributed by atoms with Crippen molar-refractivity contribution in [2.45, 2.75) is 13.3 Å². The smallest absolute Gasteiger partial charge is 0.258 e. The van der Waals surface area contributed by atoms with Crippen LogP contribution in [0.25, 0.3) is 10.9 Å². The third kappa shape index (κ3) is 6.80. The van der Waals surface area contributed by atoms with Crippen molar-refractivity contribution < 1.29 is 18.7 Å². The molecule has 4 rings (SSSR count). The number of nitrogens with one attached hydrogen (secondary N) is 2. The van der Waals surface area contributed by atoms with Gasteiger partial charge in [-0.1, -0.05) is 18.0 Å². The zero-order chi connectivity index (χ0) is 27.8. The number of nitrogens with zero attached hydrogens (tertiary/aromatic N) is 5. The van der Waals surface area contributed by atoms with Crippen molar-refractivity contribution >= 4 is 45.9 Å². The molecule has 39 heavy (non-hydrogen) atoms. The highest BCUT2D eigenvalue weighted by Gasteiger charge is 2.14. The number of amides is 1. The molecule has 12 heteroatoms. The first-order chi connectivity index (χ1) is 18.9. The lowest BCUT2D eigenvalue weighted by molar-refractivity contribution is 0.102. The van der Waals surface area contributed by atoms with E-state index in [9.17, 15) is 9.18 Å². The topological polar surface area (TPSA) is 114 Å². The van der Waals surface area contributed by atoms with Gasteiger partial charge in [0, 0.05) is 36.1 Å². The van der Waals surface area contributed by atoms with E-state index in [1.54, 1.807) is 19.2 Å². The Hall–Kier alpha value is -4.69. The Labute approximate surface area is 229 Å². The van der Waals surface area contributed by atoms with E-state index >= 15 is 0 Å². The van der Waals surface area contributed by atoms with Gasteiger partial charge in [0.25, 0.3) is 5.91 Å². The summed E-state index contributed by atoms with van der Waals surface area (Å²) >= 11 is 5.75. The lowest BCUT2D eigenvalue weighted by Crippen LogP contribution is -2.20. The highest BCUT2D eigenvalue weighted by atomic mass is 35.5. The van der Waals surface area contributed by atoms with E-state index in [4.69, 9.17) is 27.5 Å². The Morgan fingerprint density at radius 3 is 2.64 bits per heavy atom. The number of ether oxygens (including phenoxy) is 2. The highest BCUT2D eigenvalue weighted by molar-refractivity contribution is 6.31. The summed E-state index contributed by atoms with van der Waals surface area (Å²) < 4.78 is 24.8. The van der Waals surface area contributed by atoms with Crippen LogP contribution in [-0.2, 0) is 0 Å². The SMILES string of the molecule is C#CN(CC)CCCOc1cc2ncnc(Nc3cnc(NC(=O)c4ccc(F)c(Cl)c4)nc3)c2cc1OC. The molecule has 0 aliphatic heterocycles. The molecule has 0 radical (unpaired) electrons. The maximum atomic E-state index is 13.4. The van der Waals surface area contributed by atoms with Crippen LogP contribution in [0.2, 0.25) is 5.02 Å². The summed E-state index contributed by atoms with van der Waals surface area (Å²) in [5.41, 5.74) is 1.34. The molecule has 2 aromatic heterocycles. The summed E-state index contributed by atoms with van der Waals surface area (Å²) in [6.07, 6.45) is 10.6. The summed E-state index contributed by atoms with van der Waals surface area (Å²) in [5.74, 6) is 0.510. The van der Waals surface area contributed by atoms with Crippen LogP contribution in [-0.4, -0.2) is 57.5 Å². The lowest BCUT2D eigenvalue weighted by atomic mass is 10.2. The average Bonchev–Trinajstić information content (AvgIpc) is 2.95. The standard InChI is InChI=1S/C27H25ClFN7O3/c1-4-36(5-2)9-6-10-39-24-13-22-19(12-23(24)38-3)25(33-16-32-22)34-18-14-30-27(31-15-18)35-26(37)17-7-8-21(29)20(28)11-17/h1,7-8,11-16H,5-6,9-10H2,2-3H3,(H,32,33,34)(H,30,31,35,37).